The fourth-order valence-corrected chi connectivity index (χ4v) is 6.36. The van der Waals surface area contributed by atoms with E-state index in [0.29, 0.717) is 36.9 Å². The zero-order valence-electron chi connectivity index (χ0n) is 29.5. The Morgan fingerprint density at radius 2 is 1.45 bits per heavy atom. The van der Waals surface area contributed by atoms with E-state index in [2.05, 4.69) is 66.7 Å². The summed E-state index contributed by atoms with van der Waals surface area (Å²) in [4.78, 5) is 48.4. The molecule has 244 valence electrons. The standard InChI is InChI=1S/C24H34O3.C13H18O.C3H8/c1-6-8-19(20(7-2)22(26)11-17(5)25)12-18-13-21-15(3)9-10-16(4)24(21)23(27)14-18;1-10(2)8-13(14)9-12-6-4-11(3)5-7-12;1-3-2/h9-10,18-20H,6-8,11-14H2,1-5H3;4-7,10H,8-9H2,1-3H3;3H2,1-2H3. The molecule has 0 spiro atoms. The lowest BCUT2D eigenvalue weighted by Gasteiger charge is -2.32. The Bertz CT molecular complexity index is 1200. The summed E-state index contributed by atoms with van der Waals surface area (Å²) >= 11 is 0. The van der Waals surface area contributed by atoms with E-state index >= 15 is 0 Å². The molecule has 3 unspecified atom stereocenters. The Labute approximate surface area is 268 Å². The summed E-state index contributed by atoms with van der Waals surface area (Å²) in [6, 6.07) is 12.3. The molecule has 44 heavy (non-hydrogen) atoms. The maximum Gasteiger partial charge on any atom is 0.163 e. The highest BCUT2D eigenvalue weighted by atomic mass is 16.1. The predicted octanol–water partition coefficient (Wildman–Crippen LogP) is 10.00. The topological polar surface area (TPSA) is 68.3 Å². The summed E-state index contributed by atoms with van der Waals surface area (Å²) in [6.45, 7) is 20.2. The molecule has 4 heteroatoms. The van der Waals surface area contributed by atoms with Crippen LogP contribution in [0.3, 0.4) is 0 Å². The van der Waals surface area contributed by atoms with Gasteiger partial charge in [0.05, 0.1) is 6.42 Å². The van der Waals surface area contributed by atoms with Crippen LogP contribution in [0, 0.1) is 44.4 Å². The van der Waals surface area contributed by atoms with E-state index in [0.717, 1.165) is 48.8 Å². The van der Waals surface area contributed by atoms with Crippen molar-refractivity contribution < 1.29 is 19.2 Å². The second-order valence-corrected chi connectivity index (χ2v) is 13.4. The minimum atomic E-state index is -0.0658. The van der Waals surface area contributed by atoms with Gasteiger partial charge in [0.15, 0.2) is 5.78 Å². The zero-order valence-corrected chi connectivity index (χ0v) is 29.5. The van der Waals surface area contributed by atoms with Crippen molar-refractivity contribution >= 4 is 23.1 Å². The molecule has 2 aromatic carbocycles. The summed E-state index contributed by atoms with van der Waals surface area (Å²) in [5.74, 6) is 1.57. The Morgan fingerprint density at radius 1 is 0.864 bits per heavy atom. The number of rotatable bonds is 13. The van der Waals surface area contributed by atoms with Gasteiger partial charge in [-0.2, -0.15) is 0 Å². The van der Waals surface area contributed by atoms with Gasteiger partial charge in [-0.15, -0.1) is 0 Å². The van der Waals surface area contributed by atoms with Crippen LogP contribution in [-0.4, -0.2) is 23.1 Å². The fraction of sp³-hybridized carbons (Fsp3) is 0.600. The molecule has 1 aliphatic rings. The molecule has 0 saturated carbocycles. The number of carbonyl (C=O) groups excluding carboxylic acids is 4. The Morgan fingerprint density at radius 3 is 1.98 bits per heavy atom. The highest BCUT2D eigenvalue weighted by molar-refractivity contribution is 6.00. The van der Waals surface area contributed by atoms with Gasteiger partial charge < -0.3 is 0 Å². The summed E-state index contributed by atoms with van der Waals surface area (Å²) in [7, 11) is 0. The number of benzene rings is 2. The summed E-state index contributed by atoms with van der Waals surface area (Å²) < 4.78 is 0. The SMILES string of the molecule is CCC.CCCC(CC1CC(=O)c2c(C)ccc(C)c2C1)C(CC)C(=O)CC(C)=O.Cc1ccc(CC(=O)CC(C)C)cc1. The van der Waals surface area contributed by atoms with E-state index in [9.17, 15) is 19.2 Å². The lowest BCUT2D eigenvalue weighted by atomic mass is 9.71. The van der Waals surface area contributed by atoms with Gasteiger partial charge in [0.25, 0.3) is 0 Å². The maximum atomic E-state index is 12.8. The quantitative estimate of drug-likeness (QED) is 0.213. The van der Waals surface area contributed by atoms with Crippen molar-refractivity contribution in [3.8, 4) is 0 Å². The molecule has 3 atom stereocenters. The predicted molar refractivity (Wildman–Crippen MR) is 184 cm³/mol. The molecule has 0 radical (unpaired) electrons. The van der Waals surface area contributed by atoms with E-state index in [4.69, 9.17) is 0 Å². The minimum absolute atomic E-state index is 0.0451. The first-order valence-corrected chi connectivity index (χ1v) is 17.0. The van der Waals surface area contributed by atoms with E-state index in [1.54, 1.807) is 0 Å². The van der Waals surface area contributed by atoms with Crippen LogP contribution in [0.4, 0.5) is 0 Å². The van der Waals surface area contributed by atoms with Crippen molar-refractivity contribution in [3.63, 3.8) is 0 Å². The molecule has 0 aliphatic heterocycles. The molecule has 0 saturated heterocycles. The van der Waals surface area contributed by atoms with Gasteiger partial charge >= 0.3 is 0 Å². The van der Waals surface area contributed by atoms with Crippen molar-refractivity contribution in [1.29, 1.82) is 0 Å². The smallest absolute Gasteiger partial charge is 0.163 e. The lowest BCUT2D eigenvalue weighted by molar-refractivity contribution is -0.130. The van der Waals surface area contributed by atoms with Crippen LogP contribution in [0.2, 0.25) is 0 Å². The molecule has 1 aliphatic carbocycles. The Kier molecular flexibility index (Phi) is 18.0. The summed E-state index contributed by atoms with van der Waals surface area (Å²) in [6.07, 6.45) is 7.73. The van der Waals surface area contributed by atoms with Gasteiger partial charge in [-0.3, -0.25) is 19.2 Å². The summed E-state index contributed by atoms with van der Waals surface area (Å²) in [5, 5.41) is 0. The third kappa shape index (κ3) is 13.4. The summed E-state index contributed by atoms with van der Waals surface area (Å²) in [5.41, 5.74) is 6.77. The third-order valence-electron chi connectivity index (χ3n) is 8.30. The first-order valence-electron chi connectivity index (χ1n) is 17.0. The molecule has 0 fully saturated rings. The van der Waals surface area contributed by atoms with Gasteiger partial charge in [0.1, 0.15) is 17.3 Å². The van der Waals surface area contributed by atoms with Gasteiger partial charge in [-0.05, 0) is 87.0 Å². The largest absolute Gasteiger partial charge is 0.300 e. The highest BCUT2D eigenvalue weighted by Gasteiger charge is 2.33. The molecule has 0 amide bonds. The Balaban J connectivity index is 0.000000476. The van der Waals surface area contributed by atoms with E-state index in [-0.39, 0.29) is 35.6 Å². The number of aryl methyl sites for hydroxylation is 3. The normalized spacial score (nSPS) is 15.2. The molecule has 0 N–H and O–H groups in total. The molecular formula is C40H60O4. The van der Waals surface area contributed by atoms with E-state index < -0.39 is 0 Å². The van der Waals surface area contributed by atoms with E-state index in [1.165, 1.54) is 30.0 Å². The monoisotopic (exact) mass is 604 g/mol. The van der Waals surface area contributed by atoms with Gasteiger partial charge in [0, 0.05) is 30.7 Å². The minimum Gasteiger partial charge on any atom is -0.300 e. The van der Waals surface area contributed by atoms with Crippen molar-refractivity contribution in [2.24, 2.45) is 23.7 Å². The average Bonchev–Trinajstić information content (AvgIpc) is 2.92. The van der Waals surface area contributed by atoms with Crippen LogP contribution in [0.25, 0.3) is 0 Å². The fourth-order valence-electron chi connectivity index (χ4n) is 6.36. The van der Waals surface area contributed by atoms with Crippen molar-refractivity contribution in [2.45, 2.75) is 133 Å². The van der Waals surface area contributed by atoms with Crippen LogP contribution < -0.4 is 0 Å². The maximum absolute atomic E-state index is 12.8. The van der Waals surface area contributed by atoms with Crippen LogP contribution in [0.1, 0.15) is 138 Å². The van der Waals surface area contributed by atoms with Gasteiger partial charge in [-0.25, -0.2) is 0 Å². The number of fused-ring (bicyclic) bond motifs is 1. The molecule has 0 aromatic heterocycles. The highest BCUT2D eigenvalue weighted by Crippen LogP contribution is 2.37. The van der Waals surface area contributed by atoms with Crippen LogP contribution in [0.5, 0.6) is 0 Å². The lowest BCUT2D eigenvalue weighted by Crippen LogP contribution is -2.30. The first-order chi connectivity index (χ1) is 20.8. The number of carbonyl (C=O) groups is 4. The van der Waals surface area contributed by atoms with E-state index in [1.807, 2.05) is 32.0 Å². The van der Waals surface area contributed by atoms with Crippen molar-refractivity contribution in [1.82, 2.24) is 0 Å². The van der Waals surface area contributed by atoms with Crippen molar-refractivity contribution in [3.05, 3.63) is 69.8 Å². The molecule has 4 nitrogen and oxygen atoms in total. The first kappa shape index (κ1) is 39.1. The second-order valence-electron chi connectivity index (χ2n) is 13.4. The number of Topliss-reactive ketones (excluding diaryl/α,β-unsaturated/α-hetero) is 4. The van der Waals surface area contributed by atoms with Crippen molar-refractivity contribution in [2.75, 3.05) is 0 Å². The number of hydrogen-bond donors (Lipinski definition) is 0. The third-order valence-corrected chi connectivity index (χ3v) is 8.30. The molecule has 0 heterocycles. The van der Waals surface area contributed by atoms with Crippen LogP contribution >= 0.6 is 0 Å². The second kappa shape index (κ2) is 20.2. The molecule has 2 aromatic rings. The Hall–Kier alpha value is -2.88. The van der Waals surface area contributed by atoms with Gasteiger partial charge in [0.2, 0.25) is 0 Å². The number of hydrogen-bond acceptors (Lipinski definition) is 4. The number of ketones is 4. The zero-order chi connectivity index (χ0) is 33.4. The van der Waals surface area contributed by atoms with Crippen LogP contribution in [0.15, 0.2) is 36.4 Å². The van der Waals surface area contributed by atoms with Gasteiger partial charge in [-0.1, -0.05) is 103 Å². The molecule has 3 rings (SSSR count). The molecule has 0 bridgehead atoms. The molecular weight excluding hydrogens is 544 g/mol. The van der Waals surface area contributed by atoms with Crippen LogP contribution in [-0.2, 0) is 27.2 Å². The average molecular weight is 605 g/mol.